The average Bonchev–Trinajstić information content (AvgIpc) is 2.81. The van der Waals surface area contributed by atoms with E-state index in [4.69, 9.17) is 27.9 Å². The van der Waals surface area contributed by atoms with E-state index in [2.05, 4.69) is 4.98 Å². The third-order valence-corrected chi connectivity index (χ3v) is 4.05. The monoisotopic (exact) mass is 315 g/mol. The van der Waals surface area contributed by atoms with E-state index in [1.165, 1.54) is 11.3 Å². The Morgan fingerprint density at radius 2 is 2.21 bits per heavy atom. The molecular weight excluding hydrogens is 305 g/mol. The van der Waals surface area contributed by atoms with E-state index >= 15 is 0 Å². The predicted molar refractivity (Wildman–Crippen MR) is 77.9 cm³/mol. The molecule has 0 unspecified atom stereocenters. The minimum Gasteiger partial charge on any atom is -0.466 e. The molecule has 0 amide bonds. The summed E-state index contributed by atoms with van der Waals surface area (Å²) in [5.41, 5.74) is 1.48. The number of ether oxygens (including phenoxy) is 1. The van der Waals surface area contributed by atoms with E-state index in [0.29, 0.717) is 21.7 Å². The largest absolute Gasteiger partial charge is 0.466 e. The SMILES string of the molecule is CCOC(=O)Cc1nc(-c2cccc(Cl)c2Cl)cs1. The fraction of sp³-hybridized carbons (Fsp3) is 0.231. The molecule has 0 spiro atoms. The molecule has 1 aromatic carbocycles. The van der Waals surface area contributed by atoms with Gasteiger partial charge in [0.05, 0.1) is 28.8 Å². The fourth-order valence-electron chi connectivity index (χ4n) is 1.55. The molecule has 100 valence electrons. The zero-order valence-corrected chi connectivity index (χ0v) is 12.5. The minimum absolute atomic E-state index is 0.177. The molecule has 0 N–H and O–H groups in total. The van der Waals surface area contributed by atoms with Gasteiger partial charge < -0.3 is 4.74 Å². The summed E-state index contributed by atoms with van der Waals surface area (Å²) in [4.78, 5) is 15.8. The highest BCUT2D eigenvalue weighted by Gasteiger charge is 2.12. The second-order valence-electron chi connectivity index (χ2n) is 3.71. The summed E-state index contributed by atoms with van der Waals surface area (Å²) in [7, 11) is 0. The number of thiazole rings is 1. The molecule has 0 saturated carbocycles. The van der Waals surface area contributed by atoms with Crippen LogP contribution in [-0.2, 0) is 16.0 Å². The van der Waals surface area contributed by atoms with Crippen molar-refractivity contribution in [3.05, 3.63) is 38.6 Å². The van der Waals surface area contributed by atoms with Crippen LogP contribution in [-0.4, -0.2) is 17.6 Å². The number of aromatic nitrogens is 1. The topological polar surface area (TPSA) is 39.2 Å². The van der Waals surface area contributed by atoms with Crippen LogP contribution in [0.15, 0.2) is 23.6 Å². The normalized spacial score (nSPS) is 10.5. The van der Waals surface area contributed by atoms with Gasteiger partial charge in [-0.1, -0.05) is 35.3 Å². The van der Waals surface area contributed by atoms with Gasteiger partial charge in [-0.3, -0.25) is 4.79 Å². The Morgan fingerprint density at radius 1 is 1.42 bits per heavy atom. The summed E-state index contributed by atoms with van der Waals surface area (Å²) in [5, 5.41) is 3.51. The molecule has 19 heavy (non-hydrogen) atoms. The van der Waals surface area contributed by atoms with Crippen molar-refractivity contribution in [3.8, 4) is 11.3 Å². The van der Waals surface area contributed by atoms with Crippen LogP contribution in [0.25, 0.3) is 11.3 Å². The summed E-state index contributed by atoms with van der Waals surface area (Å²) >= 11 is 13.5. The number of carbonyl (C=O) groups excluding carboxylic acids is 1. The molecule has 1 heterocycles. The Bertz CT molecular complexity index is 598. The molecule has 0 fully saturated rings. The molecule has 0 aliphatic carbocycles. The molecule has 3 nitrogen and oxygen atoms in total. The lowest BCUT2D eigenvalue weighted by molar-refractivity contribution is -0.142. The number of benzene rings is 1. The van der Waals surface area contributed by atoms with Crippen molar-refractivity contribution in [2.24, 2.45) is 0 Å². The lowest BCUT2D eigenvalue weighted by Gasteiger charge is -2.02. The van der Waals surface area contributed by atoms with Gasteiger partial charge in [-0.15, -0.1) is 11.3 Å². The van der Waals surface area contributed by atoms with E-state index in [9.17, 15) is 4.79 Å². The zero-order chi connectivity index (χ0) is 13.8. The second-order valence-corrected chi connectivity index (χ2v) is 5.44. The van der Waals surface area contributed by atoms with Crippen LogP contribution in [0.2, 0.25) is 10.0 Å². The summed E-state index contributed by atoms with van der Waals surface area (Å²) in [5.74, 6) is -0.277. The number of hydrogen-bond donors (Lipinski definition) is 0. The van der Waals surface area contributed by atoms with Gasteiger partial charge in [-0.2, -0.15) is 0 Å². The summed E-state index contributed by atoms with van der Waals surface area (Å²) in [6.45, 7) is 2.15. The van der Waals surface area contributed by atoms with Crippen LogP contribution in [0.4, 0.5) is 0 Å². The summed E-state index contributed by atoms with van der Waals surface area (Å²) in [6, 6.07) is 5.38. The fourth-order valence-corrected chi connectivity index (χ4v) is 2.73. The number of rotatable bonds is 4. The first-order valence-electron chi connectivity index (χ1n) is 5.66. The molecule has 6 heteroatoms. The van der Waals surface area contributed by atoms with Crippen LogP contribution in [0.3, 0.4) is 0 Å². The van der Waals surface area contributed by atoms with E-state index in [0.717, 1.165) is 11.3 Å². The van der Waals surface area contributed by atoms with Crippen LogP contribution in [0.5, 0.6) is 0 Å². The zero-order valence-electron chi connectivity index (χ0n) is 10.2. The van der Waals surface area contributed by atoms with Crippen molar-refractivity contribution in [1.29, 1.82) is 0 Å². The number of carbonyl (C=O) groups is 1. The quantitative estimate of drug-likeness (QED) is 0.793. The molecule has 2 aromatic rings. The Balaban J connectivity index is 2.21. The van der Waals surface area contributed by atoms with Crippen molar-refractivity contribution in [1.82, 2.24) is 4.98 Å². The van der Waals surface area contributed by atoms with Crippen molar-refractivity contribution in [2.45, 2.75) is 13.3 Å². The molecule has 0 bridgehead atoms. The van der Waals surface area contributed by atoms with Crippen molar-refractivity contribution < 1.29 is 9.53 Å². The Kier molecular flexibility index (Phi) is 4.80. The van der Waals surface area contributed by atoms with Crippen LogP contribution in [0, 0.1) is 0 Å². The Morgan fingerprint density at radius 3 is 2.95 bits per heavy atom. The smallest absolute Gasteiger partial charge is 0.312 e. The average molecular weight is 316 g/mol. The number of nitrogens with zero attached hydrogens (tertiary/aromatic N) is 1. The first-order chi connectivity index (χ1) is 9.11. The van der Waals surface area contributed by atoms with Crippen LogP contribution >= 0.6 is 34.5 Å². The van der Waals surface area contributed by atoms with Gasteiger partial charge in [-0.05, 0) is 13.0 Å². The van der Waals surface area contributed by atoms with Gasteiger partial charge in [0.2, 0.25) is 0 Å². The highest BCUT2D eigenvalue weighted by atomic mass is 35.5. The first kappa shape index (κ1) is 14.3. The maximum atomic E-state index is 11.4. The molecule has 2 rings (SSSR count). The third-order valence-electron chi connectivity index (χ3n) is 2.38. The molecule has 0 radical (unpaired) electrons. The molecule has 0 aliphatic heterocycles. The Hall–Kier alpha value is -1.10. The van der Waals surface area contributed by atoms with E-state index in [1.807, 2.05) is 17.5 Å². The molecule has 0 atom stereocenters. The lowest BCUT2D eigenvalue weighted by Crippen LogP contribution is -2.07. The lowest BCUT2D eigenvalue weighted by atomic mass is 10.2. The van der Waals surface area contributed by atoms with Crippen molar-refractivity contribution in [2.75, 3.05) is 6.61 Å². The summed E-state index contributed by atoms with van der Waals surface area (Å²) in [6.07, 6.45) is 0.177. The molecular formula is C13H11Cl2NO2S. The number of esters is 1. The van der Waals surface area contributed by atoms with E-state index < -0.39 is 0 Å². The number of hydrogen-bond acceptors (Lipinski definition) is 4. The molecule has 0 saturated heterocycles. The van der Waals surface area contributed by atoms with Gasteiger partial charge in [0.15, 0.2) is 0 Å². The van der Waals surface area contributed by atoms with Gasteiger partial charge in [0.1, 0.15) is 5.01 Å². The second kappa shape index (κ2) is 6.37. The molecule has 0 aliphatic rings. The van der Waals surface area contributed by atoms with Crippen LogP contribution in [0.1, 0.15) is 11.9 Å². The van der Waals surface area contributed by atoms with E-state index in [-0.39, 0.29) is 12.4 Å². The van der Waals surface area contributed by atoms with E-state index in [1.54, 1.807) is 13.0 Å². The minimum atomic E-state index is -0.277. The van der Waals surface area contributed by atoms with Crippen molar-refractivity contribution >= 4 is 40.5 Å². The molecule has 1 aromatic heterocycles. The van der Waals surface area contributed by atoms with Crippen molar-refractivity contribution in [3.63, 3.8) is 0 Å². The third kappa shape index (κ3) is 3.47. The van der Waals surface area contributed by atoms with Gasteiger partial charge in [-0.25, -0.2) is 4.98 Å². The Labute approximate surface area is 125 Å². The van der Waals surface area contributed by atoms with Gasteiger partial charge in [0, 0.05) is 10.9 Å². The van der Waals surface area contributed by atoms with Crippen LogP contribution < -0.4 is 0 Å². The van der Waals surface area contributed by atoms with Gasteiger partial charge in [0.25, 0.3) is 0 Å². The standard InChI is InChI=1S/C13H11Cl2NO2S/c1-2-18-12(17)6-11-16-10(7-19-11)8-4-3-5-9(14)13(8)15/h3-5,7H,2,6H2,1H3. The first-order valence-corrected chi connectivity index (χ1v) is 7.29. The highest BCUT2D eigenvalue weighted by Crippen LogP contribution is 2.33. The number of halogens is 2. The maximum absolute atomic E-state index is 11.4. The van der Waals surface area contributed by atoms with Gasteiger partial charge >= 0.3 is 5.97 Å². The highest BCUT2D eigenvalue weighted by molar-refractivity contribution is 7.10. The maximum Gasteiger partial charge on any atom is 0.312 e. The predicted octanol–water partition coefficient (Wildman–Crippen LogP) is 4.22. The summed E-state index contributed by atoms with van der Waals surface area (Å²) < 4.78 is 4.88.